The number of unbranched alkanes of at least 4 members (excludes halogenated alkanes) is 3. The Hall–Kier alpha value is -1.36. The largest absolute Gasteiger partial charge is 0.481 e. The van der Waals surface area contributed by atoms with Gasteiger partial charge in [0.05, 0.1) is 12.0 Å². The van der Waals surface area contributed by atoms with Gasteiger partial charge in [-0.05, 0) is 32.1 Å². The zero-order chi connectivity index (χ0) is 15.8. The molecule has 1 aliphatic carbocycles. The van der Waals surface area contributed by atoms with Crippen LogP contribution in [-0.2, 0) is 9.59 Å². The Labute approximate surface area is 125 Å². The summed E-state index contributed by atoms with van der Waals surface area (Å²) in [5.41, 5.74) is 0. The van der Waals surface area contributed by atoms with Crippen molar-refractivity contribution in [3.05, 3.63) is 12.2 Å². The minimum atomic E-state index is -0.832. The van der Waals surface area contributed by atoms with E-state index in [1.165, 1.54) is 0 Å². The normalized spacial score (nSPS) is 26.5. The van der Waals surface area contributed by atoms with E-state index >= 15 is 0 Å². The van der Waals surface area contributed by atoms with Crippen LogP contribution in [-0.4, -0.2) is 33.4 Å². The van der Waals surface area contributed by atoms with Crippen molar-refractivity contribution in [3.8, 4) is 0 Å². The van der Waals surface area contributed by atoms with Crippen LogP contribution in [0.5, 0.6) is 0 Å². The average Bonchev–Trinajstić information content (AvgIpc) is 2.41. The van der Waals surface area contributed by atoms with Gasteiger partial charge in [-0.3, -0.25) is 9.59 Å². The molecule has 0 aromatic rings. The van der Waals surface area contributed by atoms with E-state index in [1.807, 2.05) is 12.2 Å². The Morgan fingerprint density at radius 3 is 2.43 bits per heavy atom. The van der Waals surface area contributed by atoms with E-state index in [-0.39, 0.29) is 18.3 Å². The third-order valence-corrected chi connectivity index (χ3v) is 4.30. The predicted molar refractivity (Wildman–Crippen MR) is 78.9 cm³/mol. The third kappa shape index (κ3) is 5.87. The van der Waals surface area contributed by atoms with Gasteiger partial charge in [-0.25, -0.2) is 0 Å². The summed E-state index contributed by atoms with van der Waals surface area (Å²) in [5, 5.41) is 27.7. The highest BCUT2D eigenvalue weighted by Crippen LogP contribution is 2.35. The molecule has 0 heterocycles. The molecule has 0 aromatic carbocycles. The van der Waals surface area contributed by atoms with Crippen LogP contribution in [0.4, 0.5) is 0 Å². The lowest BCUT2D eigenvalue weighted by molar-refractivity contribution is -0.147. The summed E-state index contributed by atoms with van der Waals surface area (Å²) in [4.78, 5) is 21.9. The van der Waals surface area contributed by atoms with Crippen LogP contribution in [0.1, 0.15) is 51.9 Å². The molecule has 0 radical (unpaired) electrons. The molecule has 1 rings (SSSR count). The van der Waals surface area contributed by atoms with Crippen molar-refractivity contribution in [1.29, 1.82) is 0 Å². The van der Waals surface area contributed by atoms with Crippen molar-refractivity contribution in [3.63, 3.8) is 0 Å². The lowest BCUT2D eigenvalue weighted by Gasteiger charge is -2.33. The molecule has 21 heavy (non-hydrogen) atoms. The highest BCUT2D eigenvalue weighted by atomic mass is 16.4. The first-order chi connectivity index (χ1) is 9.93. The number of hydrogen-bond acceptors (Lipinski definition) is 3. The van der Waals surface area contributed by atoms with E-state index in [9.17, 15) is 19.8 Å². The van der Waals surface area contributed by atoms with Crippen molar-refractivity contribution in [2.45, 2.75) is 58.0 Å². The topological polar surface area (TPSA) is 94.8 Å². The minimum Gasteiger partial charge on any atom is -0.481 e. The molecule has 0 bridgehead atoms. The molecule has 1 aliphatic rings. The number of aliphatic hydroxyl groups is 1. The molecule has 0 aliphatic heterocycles. The van der Waals surface area contributed by atoms with E-state index in [2.05, 4.69) is 0 Å². The smallest absolute Gasteiger partial charge is 0.307 e. The van der Waals surface area contributed by atoms with Gasteiger partial charge in [0.1, 0.15) is 0 Å². The standard InChI is InChI=1S/C16H26O5/c1-11(17)13-9-6-8-12(15(13)16(20)21)7-4-2-3-5-10-14(18)19/h6,8,11-13,15,17H,2-5,7,9-10H2,1H3,(H,18,19)(H,20,21)/t11?,12?,13-,15-/m1/s1. The molecular formula is C16H26O5. The number of carboxylic acid groups (broad SMARTS) is 2. The van der Waals surface area contributed by atoms with Crippen LogP contribution in [0.25, 0.3) is 0 Å². The van der Waals surface area contributed by atoms with E-state index in [4.69, 9.17) is 5.11 Å². The second kappa shape index (κ2) is 8.82. The summed E-state index contributed by atoms with van der Waals surface area (Å²) in [6.45, 7) is 1.66. The molecule has 0 saturated carbocycles. The number of rotatable bonds is 9. The van der Waals surface area contributed by atoms with Crippen molar-refractivity contribution in [2.24, 2.45) is 17.8 Å². The first-order valence-corrected chi connectivity index (χ1v) is 7.72. The molecule has 5 heteroatoms. The van der Waals surface area contributed by atoms with Crippen LogP contribution < -0.4 is 0 Å². The molecule has 4 atom stereocenters. The van der Waals surface area contributed by atoms with Crippen molar-refractivity contribution >= 4 is 11.9 Å². The van der Waals surface area contributed by atoms with E-state index in [0.29, 0.717) is 12.8 Å². The van der Waals surface area contributed by atoms with Gasteiger partial charge in [-0.1, -0.05) is 31.4 Å². The Morgan fingerprint density at radius 2 is 1.86 bits per heavy atom. The molecule has 2 unspecified atom stereocenters. The monoisotopic (exact) mass is 298 g/mol. The summed E-state index contributed by atoms with van der Waals surface area (Å²) >= 11 is 0. The van der Waals surface area contributed by atoms with Gasteiger partial charge in [-0.15, -0.1) is 0 Å². The molecule has 0 amide bonds. The number of carbonyl (C=O) groups is 2. The van der Waals surface area contributed by atoms with Crippen molar-refractivity contribution < 1.29 is 24.9 Å². The molecule has 0 saturated heterocycles. The second-order valence-electron chi connectivity index (χ2n) is 5.94. The Morgan fingerprint density at radius 1 is 1.19 bits per heavy atom. The molecule has 120 valence electrons. The van der Waals surface area contributed by atoms with E-state index in [1.54, 1.807) is 6.92 Å². The zero-order valence-corrected chi connectivity index (χ0v) is 12.6. The summed E-state index contributed by atoms with van der Waals surface area (Å²) in [6.07, 6.45) is 8.27. The first-order valence-electron chi connectivity index (χ1n) is 7.72. The number of carboxylic acids is 2. The fourth-order valence-electron chi connectivity index (χ4n) is 3.14. The Kier molecular flexibility index (Phi) is 7.43. The maximum absolute atomic E-state index is 11.5. The summed E-state index contributed by atoms with van der Waals surface area (Å²) in [6, 6.07) is 0. The van der Waals surface area contributed by atoms with Crippen LogP contribution in [0.3, 0.4) is 0 Å². The van der Waals surface area contributed by atoms with E-state index in [0.717, 1.165) is 25.7 Å². The Balaban J connectivity index is 2.41. The average molecular weight is 298 g/mol. The maximum atomic E-state index is 11.5. The molecule has 3 N–H and O–H groups in total. The summed E-state index contributed by atoms with van der Waals surface area (Å²) in [5.74, 6) is -2.37. The predicted octanol–water partition coefficient (Wildman–Crippen LogP) is 2.69. The van der Waals surface area contributed by atoms with Gasteiger partial charge < -0.3 is 15.3 Å². The highest BCUT2D eigenvalue weighted by molar-refractivity contribution is 5.71. The molecule has 5 nitrogen and oxygen atoms in total. The number of hydrogen-bond donors (Lipinski definition) is 3. The third-order valence-electron chi connectivity index (χ3n) is 4.30. The Bertz CT molecular complexity index is 375. The highest BCUT2D eigenvalue weighted by Gasteiger charge is 2.37. The fourth-order valence-corrected chi connectivity index (χ4v) is 3.14. The van der Waals surface area contributed by atoms with Crippen LogP contribution in [0.15, 0.2) is 12.2 Å². The zero-order valence-electron chi connectivity index (χ0n) is 12.6. The summed E-state index contributed by atoms with van der Waals surface area (Å²) < 4.78 is 0. The molecular weight excluding hydrogens is 272 g/mol. The van der Waals surface area contributed by atoms with Gasteiger partial charge in [-0.2, -0.15) is 0 Å². The van der Waals surface area contributed by atoms with Crippen LogP contribution in [0.2, 0.25) is 0 Å². The van der Waals surface area contributed by atoms with Gasteiger partial charge >= 0.3 is 11.9 Å². The van der Waals surface area contributed by atoms with Crippen LogP contribution >= 0.6 is 0 Å². The van der Waals surface area contributed by atoms with Crippen LogP contribution in [0, 0.1) is 17.8 Å². The number of aliphatic hydroxyl groups excluding tert-OH is 1. The lowest BCUT2D eigenvalue weighted by Crippen LogP contribution is -2.37. The quantitative estimate of drug-likeness (QED) is 0.449. The van der Waals surface area contributed by atoms with Gasteiger partial charge in [0.25, 0.3) is 0 Å². The van der Waals surface area contributed by atoms with Gasteiger partial charge in [0.15, 0.2) is 0 Å². The SMILES string of the molecule is CC(O)[C@H]1CC=CC(CCCCCCC(=O)O)[C@H]1C(=O)O. The number of aliphatic carboxylic acids is 2. The van der Waals surface area contributed by atoms with Crippen molar-refractivity contribution in [2.75, 3.05) is 0 Å². The molecule has 0 spiro atoms. The van der Waals surface area contributed by atoms with Gasteiger partial charge in [0.2, 0.25) is 0 Å². The fraction of sp³-hybridized carbons (Fsp3) is 0.750. The summed E-state index contributed by atoms with van der Waals surface area (Å²) in [7, 11) is 0. The van der Waals surface area contributed by atoms with Crippen molar-refractivity contribution in [1.82, 2.24) is 0 Å². The van der Waals surface area contributed by atoms with E-state index < -0.39 is 24.0 Å². The molecule has 0 fully saturated rings. The molecule has 0 aromatic heterocycles. The minimum absolute atomic E-state index is 0.0321. The first kappa shape index (κ1) is 17.7. The second-order valence-corrected chi connectivity index (χ2v) is 5.94. The maximum Gasteiger partial charge on any atom is 0.307 e. The lowest BCUT2D eigenvalue weighted by atomic mass is 9.72. The number of allylic oxidation sites excluding steroid dienone is 2. The van der Waals surface area contributed by atoms with Gasteiger partial charge in [0, 0.05) is 12.3 Å².